The molecule has 0 saturated carbocycles. The smallest absolute Gasteiger partial charge is 0.159 e. The normalized spacial score (nSPS) is 12.8. The van der Waals surface area contributed by atoms with Crippen LogP contribution in [0.4, 0.5) is 17.1 Å². The molecule has 0 unspecified atom stereocenters. The van der Waals surface area contributed by atoms with Crippen LogP contribution in [0.2, 0.25) is 0 Å². The van der Waals surface area contributed by atoms with Crippen molar-refractivity contribution in [2.75, 3.05) is 4.90 Å². The van der Waals surface area contributed by atoms with E-state index < -0.39 is 5.41 Å². The second-order valence-corrected chi connectivity index (χ2v) is 16.8. The Hall–Kier alpha value is -8.40. The number of nitrogens with zero attached hydrogens (tertiary/aromatic N) is 2. The third-order valence-electron chi connectivity index (χ3n) is 13.5. The maximum absolute atomic E-state index is 7.27. The summed E-state index contributed by atoms with van der Waals surface area (Å²) < 4.78 is 9.66. The average Bonchev–Trinajstić information content (AvgIpc) is 4.01. The number of fused-ring (bicyclic) bond motifs is 9. The van der Waals surface area contributed by atoms with Crippen LogP contribution in [0.5, 0.6) is 0 Å². The van der Waals surface area contributed by atoms with Crippen LogP contribution in [-0.2, 0) is 5.41 Å². The van der Waals surface area contributed by atoms with Crippen molar-refractivity contribution in [3.8, 4) is 27.9 Å². The Morgan fingerprint density at radius 3 is 1.72 bits per heavy atom. The molecular formula is C61H40N2O. The zero-order valence-electron chi connectivity index (χ0n) is 34.9. The summed E-state index contributed by atoms with van der Waals surface area (Å²) in [5, 5.41) is 4.61. The third-order valence-corrected chi connectivity index (χ3v) is 13.5. The van der Waals surface area contributed by atoms with E-state index in [1.165, 1.54) is 60.8 Å². The summed E-state index contributed by atoms with van der Waals surface area (Å²) in [5.41, 5.74) is 17.5. The van der Waals surface area contributed by atoms with Crippen molar-refractivity contribution in [2.24, 2.45) is 0 Å². The first-order valence-corrected chi connectivity index (χ1v) is 22.0. The topological polar surface area (TPSA) is 21.3 Å². The summed E-state index contributed by atoms with van der Waals surface area (Å²) in [6.45, 7) is 0. The summed E-state index contributed by atoms with van der Waals surface area (Å²) in [6.07, 6.45) is 0. The van der Waals surface area contributed by atoms with Crippen LogP contribution in [0.1, 0.15) is 22.3 Å². The Balaban J connectivity index is 1.06. The third kappa shape index (κ3) is 5.34. The van der Waals surface area contributed by atoms with Gasteiger partial charge in [-0.3, -0.25) is 0 Å². The van der Waals surface area contributed by atoms with E-state index >= 15 is 0 Å². The molecule has 0 spiro atoms. The highest BCUT2D eigenvalue weighted by atomic mass is 16.3. The maximum atomic E-state index is 7.27. The molecule has 0 radical (unpaired) electrons. The Morgan fingerprint density at radius 2 is 0.969 bits per heavy atom. The molecule has 10 aromatic carbocycles. The summed E-state index contributed by atoms with van der Waals surface area (Å²) in [7, 11) is 0. The molecule has 0 atom stereocenters. The van der Waals surface area contributed by atoms with Gasteiger partial charge in [0, 0.05) is 38.6 Å². The summed E-state index contributed by atoms with van der Waals surface area (Å²) in [6, 6.07) is 88.0. The van der Waals surface area contributed by atoms with Crippen LogP contribution in [-0.4, -0.2) is 4.57 Å². The highest BCUT2D eigenvalue weighted by Crippen LogP contribution is 2.57. The molecule has 64 heavy (non-hydrogen) atoms. The SMILES string of the molecule is c1ccc(-c2ccc(N(c3ccc4c5ccccc5n(-c5ccccc5)c4c3)c3cccc4c3oc3cc5c(cc34)-c3ccccc3C5(c3ccccc3)c3ccccc3)cc2)cc1. The minimum Gasteiger partial charge on any atom is -0.454 e. The molecule has 3 heteroatoms. The van der Waals surface area contributed by atoms with Crippen LogP contribution in [0.15, 0.2) is 247 Å². The molecular weight excluding hydrogens is 777 g/mol. The van der Waals surface area contributed by atoms with Crippen LogP contribution >= 0.6 is 0 Å². The van der Waals surface area contributed by atoms with Crippen LogP contribution in [0.25, 0.3) is 71.7 Å². The van der Waals surface area contributed by atoms with Gasteiger partial charge >= 0.3 is 0 Å². The molecule has 0 saturated heterocycles. The molecule has 0 N–H and O–H groups in total. The van der Waals surface area contributed by atoms with Gasteiger partial charge in [-0.1, -0.05) is 182 Å². The highest BCUT2D eigenvalue weighted by molar-refractivity contribution is 6.14. The van der Waals surface area contributed by atoms with Crippen molar-refractivity contribution in [3.05, 3.63) is 265 Å². The van der Waals surface area contributed by atoms with Gasteiger partial charge in [0.25, 0.3) is 0 Å². The van der Waals surface area contributed by atoms with Crippen molar-refractivity contribution < 1.29 is 4.42 Å². The summed E-state index contributed by atoms with van der Waals surface area (Å²) >= 11 is 0. The highest BCUT2D eigenvalue weighted by Gasteiger charge is 2.46. The molecule has 13 rings (SSSR count). The Kier molecular flexibility index (Phi) is 8.13. The fourth-order valence-electron chi connectivity index (χ4n) is 10.7. The molecule has 1 aliphatic rings. The Labute approximate surface area is 371 Å². The van der Waals surface area contributed by atoms with Crippen molar-refractivity contribution in [1.82, 2.24) is 4.57 Å². The van der Waals surface area contributed by atoms with Gasteiger partial charge < -0.3 is 13.9 Å². The molecule has 300 valence electrons. The van der Waals surface area contributed by atoms with E-state index in [4.69, 9.17) is 4.42 Å². The van der Waals surface area contributed by atoms with Crippen LogP contribution in [0.3, 0.4) is 0 Å². The van der Waals surface area contributed by atoms with Crippen molar-refractivity contribution >= 4 is 60.8 Å². The number of para-hydroxylation sites is 3. The second kappa shape index (κ2) is 14.3. The maximum Gasteiger partial charge on any atom is 0.159 e. The lowest BCUT2D eigenvalue weighted by atomic mass is 9.67. The van der Waals surface area contributed by atoms with Gasteiger partial charge in [-0.2, -0.15) is 0 Å². The molecule has 3 nitrogen and oxygen atoms in total. The standard InChI is InChI=1S/C61H40N2O/c1-5-18-41(19-6-1)42-32-34-46(35-33-42)62(47-36-37-50-49-27-14-16-30-56(49)63(58(50)38-47)45-24-11-4-12-25-45)57-31-17-28-51-53-39-52-48-26-13-15-29-54(48)61(43-20-7-2-8-21-43,44-22-9-3-10-23-44)55(52)40-59(53)64-60(51)57/h1-40H. The van der Waals surface area contributed by atoms with E-state index in [0.29, 0.717) is 0 Å². The summed E-state index contributed by atoms with van der Waals surface area (Å²) in [4.78, 5) is 2.37. The molecule has 0 amide bonds. The van der Waals surface area contributed by atoms with Gasteiger partial charge in [0.2, 0.25) is 0 Å². The molecule has 1 aliphatic carbocycles. The number of hydrogen-bond acceptors (Lipinski definition) is 2. The minimum atomic E-state index is -0.524. The molecule has 0 aliphatic heterocycles. The van der Waals surface area contributed by atoms with Crippen molar-refractivity contribution in [3.63, 3.8) is 0 Å². The largest absolute Gasteiger partial charge is 0.454 e. The predicted molar refractivity (Wildman–Crippen MR) is 265 cm³/mol. The van der Waals surface area contributed by atoms with Crippen molar-refractivity contribution in [1.29, 1.82) is 0 Å². The van der Waals surface area contributed by atoms with Gasteiger partial charge in [0.15, 0.2) is 5.58 Å². The van der Waals surface area contributed by atoms with E-state index in [2.05, 4.69) is 252 Å². The zero-order valence-corrected chi connectivity index (χ0v) is 34.9. The van der Waals surface area contributed by atoms with Crippen LogP contribution in [0, 0.1) is 0 Å². The lowest BCUT2D eigenvalue weighted by Crippen LogP contribution is -2.28. The quantitative estimate of drug-likeness (QED) is 0.160. The average molecular weight is 817 g/mol. The van der Waals surface area contributed by atoms with E-state index in [0.717, 1.165) is 50.2 Å². The Morgan fingerprint density at radius 1 is 0.375 bits per heavy atom. The van der Waals surface area contributed by atoms with Gasteiger partial charge in [0.1, 0.15) is 5.58 Å². The molecule has 2 heterocycles. The fourth-order valence-corrected chi connectivity index (χ4v) is 10.7. The second-order valence-electron chi connectivity index (χ2n) is 16.8. The number of hydrogen-bond donors (Lipinski definition) is 0. The van der Waals surface area contributed by atoms with Gasteiger partial charge in [-0.05, 0) is 105 Å². The zero-order chi connectivity index (χ0) is 42.2. The van der Waals surface area contributed by atoms with E-state index in [9.17, 15) is 0 Å². The Bertz CT molecular complexity index is 3660. The minimum absolute atomic E-state index is 0.524. The number of aromatic nitrogens is 1. The predicted octanol–water partition coefficient (Wildman–Crippen LogP) is 16.2. The van der Waals surface area contributed by atoms with E-state index in [-0.39, 0.29) is 0 Å². The number of rotatable bonds is 7. The number of benzene rings is 10. The molecule has 12 aromatic rings. The van der Waals surface area contributed by atoms with Crippen molar-refractivity contribution in [2.45, 2.75) is 5.41 Å². The fraction of sp³-hybridized carbons (Fsp3) is 0.0164. The number of anilines is 3. The molecule has 2 aromatic heterocycles. The monoisotopic (exact) mass is 816 g/mol. The first-order valence-electron chi connectivity index (χ1n) is 22.0. The van der Waals surface area contributed by atoms with E-state index in [1.807, 2.05) is 0 Å². The number of furan rings is 1. The van der Waals surface area contributed by atoms with Gasteiger partial charge in [-0.25, -0.2) is 0 Å². The molecule has 0 fully saturated rings. The summed E-state index contributed by atoms with van der Waals surface area (Å²) in [5.74, 6) is 0. The lowest BCUT2D eigenvalue weighted by Gasteiger charge is -2.33. The van der Waals surface area contributed by atoms with E-state index in [1.54, 1.807) is 0 Å². The van der Waals surface area contributed by atoms with Gasteiger partial charge in [-0.15, -0.1) is 0 Å². The first kappa shape index (κ1) is 36.3. The first-order chi connectivity index (χ1) is 31.8. The molecule has 0 bridgehead atoms. The lowest BCUT2D eigenvalue weighted by molar-refractivity contribution is 0.666. The van der Waals surface area contributed by atoms with Gasteiger partial charge in [0.05, 0.1) is 22.1 Å². The van der Waals surface area contributed by atoms with Crippen LogP contribution < -0.4 is 4.90 Å².